The molecule has 0 aliphatic carbocycles. The third-order valence-electron chi connectivity index (χ3n) is 5.53. The van der Waals surface area contributed by atoms with E-state index >= 15 is 0 Å². The van der Waals surface area contributed by atoms with E-state index in [1.54, 1.807) is 6.07 Å². The molecule has 2 bridgehead atoms. The van der Waals surface area contributed by atoms with E-state index in [-0.39, 0.29) is 17.4 Å². The first-order valence-corrected chi connectivity index (χ1v) is 10.2. The lowest BCUT2D eigenvalue weighted by Crippen LogP contribution is -2.49. The molecule has 5 rings (SSSR count). The van der Waals surface area contributed by atoms with Crippen molar-refractivity contribution in [3.63, 3.8) is 0 Å². The number of hydrogen-bond acceptors (Lipinski definition) is 4. The van der Waals surface area contributed by atoms with Gasteiger partial charge < -0.3 is 14.5 Å². The first-order valence-electron chi connectivity index (χ1n) is 9.22. The van der Waals surface area contributed by atoms with Crippen molar-refractivity contribution in [1.29, 1.82) is 0 Å². The van der Waals surface area contributed by atoms with Gasteiger partial charge >= 0.3 is 0 Å². The summed E-state index contributed by atoms with van der Waals surface area (Å²) in [5.74, 6) is 1.13. The Bertz CT molecular complexity index is 1040. The highest BCUT2D eigenvalue weighted by atomic mass is 32.2. The number of aromatic nitrogens is 3. The van der Waals surface area contributed by atoms with Crippen LogP contribution >= 0.6 is 11.8 Å². The van der Waals surface area contributed by atoms with E-state index in [4.69, 9.17) is 0 Å². The van der Waals surface area contributed by atoms with Gasteiger partial charge in [-0.1, -0.05) is 30.0 Å². The molecule has 0 spiro atoms. The molecule has 6 nitrogen and oxygen atoms in total. The van der Waals surface area contributed by atoms with Crippen LogP contribution in [0.15, 0.2) is 52.4 Å². The summed E-state index contributed by atoms with van der Waals surface area (Å²) >= 11 is 1.45. The minimum absolute atomic E-state index is 0.0717. The van der Waals surface area contributed by atoms with Crippen molar-refractivity contribution in [2.75, 3.05) is 18.8 Å². The molecule has 1 aromatic carbocycles. The summed E-state index contributed by atoms with van der Waals surface area (Å²) in [4.78, 5) is 34.7. The Hall–Kier alpha value is -2.54. The lowest BCUT2D eigenvalue weighted by Gasteiger charge is -2.42. The summed E-state index contributed by atoms with van der Waals surface area (Å²) in [7, 11) is 0. The summed E-state index contributed by atoms with van der Waals surface area (Å²) in [5, 5.41) is 0.777. The van der Waals surface area contributed by atoms with E-state index in [9.17, 15) is 9.59 Å². The number of hydrogen-bond donors (Lipinski definition) is 1. The highest BCUT2D eigenvalue weighted by Gasteiger charge is 2.36. The van der Waals surface area contributed by atoms with Crippen LogP contribution in [0.5, 0.6) is 0 Å². The van der Waals surface area contributed by atoms with Crippen molar-refractivity contribution in [2.24, 2.45) is 5.92 Å². The van der Waals surface area contributed by atoms with Gasteiger partial charge in [-0.25, -0.2) is 4.98 Å². The molecule has 4 heterocycles. The van der Waals surface area contributed by atoms with E-state index < -0.39 is 0 Å². The molecular formula is C20H20N4O2S. The number of rotatable bonds is 3. The molecule has 1 fully saturated rings. The smallest absolute Gasteiger partial charge is 0.250 e. The summed E-state index contributed by atoms with van der Waals surface area (Å²) < 4.78 is 1.89. The van der Waals surface area contributed by atoms with Gasteiger partial charge in [-0.15, -0.1) is 0 Å². The highest BCUT2D eigenvalue weighted by Crippen LogP contribution is 2.35. The molecule has 1 saturated heterocycles. The van der Waals surface area contributed by atoms with Gasteiger partial charge in [0.25, 0.3) is 5.56 Å². The van der Waals surface area contributed by atoms with Gasteiger partial charge in [-0.2, -0.15) is 0 Å². The molecule has 2 aliphatic rings. The number of imidazole rings is 1. The van der Waals surface area contributed by atoms with Crippen LogP contribution in [-0.2, 0) is 11.3 Å². The Morgan fingerprint density at radius 2 is 2.04 bits per heavy atom. The molecule has 7 heteroatoms. The molecule has 138 valence electrons. The molecule has 3 aromatic rings. The van der Waals surface area contributed by atoms with E-state index in [2.05, 4.69) is 9.97 Å². The highest BCUT2D eigenvalue weighted by molar-refractivity contribution is 7.99. The fraction of sp³-hybridized carbons (Fsp3) is 0.350. The molecule has 0 radical (unpaired) electrons. The average molecular weight is 380 g/mol. The van der Waals surface area contributed by atoms with Crippen LogP contribution < -0.4 is 5.56 Å². The second-order valence-electron chi connectivity index (χ2n) is 7.34. The molecule has 27 heavy (non-hydrogen) atoms. The van der Waals surface area contributed by atoms with Crippen LogP contribution in [0.4, 0.5) is 0 Å². The van der Waals surface area contributed by atoms with E-state index in [1.807, 2.05) is 45.9 Å². The van der Waals surface area contributed by atoms with Crippen molar-refractivity contribution in [2.45, 2.75) is 24.0 Å². The van der Waals surface area contributed by atoms with Crippen LogP contribution in [0, 0.1) is 5.92 Å². The number of amides is 1. The maximum Gasteiger partial charge on any atom is 0.250 e. The molecule has 2 aromatic heterocycles. The number of para-hydroxylation sites is 2. The minimum atomic E-state index is 0.0717. The van der Waals surface area contributed by atoms with Crippen molar-refractivity contribution < 1.29 is 4.79 Å². The Morgan fingerprint density at radius 3 is 2.93 bits per heavy atom. The summed E-state index contributed by atoms with van der Waals surface area (Å²) in [6, 6.07) is 13.3. The van der Waals surface area contributed by atoms with Crippen LogP contribution in [0.25, 0.3) is 11.0 Å². The van der Waals surface area contributed by atoms with Crippen LogP contribution in [-0.4, -0.2) is 44.2 Å². The predicted molar refractivity (Wildman–Crippen MR) is 105 cm³/mol. The van der Waals surface area contributed by atoms with Crippen molar-refractivity contribution in [1.82, 2.24) is 19.4 Å². The van der Waals surface area contributed by atoms with Crippen LogP contribution in [0.2, 0.25) is 0 Å². The number of nitrogens with zero attached hydrogens (tertiary/aromatic N) is 3. The zero-order valence-electron chi connectivity index (χ0n) is 14.8. The molecule has 1 N–H and O–H groups in total. The lowest BCUT2D eigenvalue weighted by atomic mass is 9.83. The fourth-order valence-corrected chi connectivity index (χ4v) is 5.11. The van der Waals surface area contributed by atoms with Gasteiger partial charge in [0.05, 0.1) is 16.8 Å². The topological polar surface area (TPSA) is 71.0 Å². The molecular weight excluding hydrogens is 360 g/mol. The third-order valence-corrected chi connectivity index (χ3v) is 6.39. The van der Waals surface area contributed by atoms with Gasteiger partial charge in [0.2, 0.25) is 5.91 Å². The number of benzene rings is 1. The number of piperidine rings is 1. The van der Waals surface area contributed by atoms with E-state index in [0.29, 0.717) is 24.8 Å². The Balaban J connectivity index is 1.28. The second-order valence-corrected chi connectivity index (χ2v) is 8.31. The Kier molecular flexibility index (Phi) is 4.04. The summed E-state index contributed by atoms with van der Waals surface area (Å²) in [6.45, 7) is 2.14. The summed E-state index contributed by atoms with van der Waals surface area (Å²) in [6.07, 6.45) is 1.06. The van der Waals surface area contributed by atoms with Gasteiger partial charge in [0, 0.05) is 37.3 Å². The van der Waals surface area contributed by atoms with Crippen LogP contribution in [0.1, 0.15) is 18.0 Å². The SMILES string of the molecule is O=C(CSc1nc2ccccc2[nH]1)N1CC2CC(C1)c1cccc(=O)n1C2. The Morgan fingerprint density at radius 1 is 1.15 bits per heavy atom. The summed E-state index contributed by atoms with van der Waals surface area (Å²) in [5.41, 5.74) is 3.05. The molecule has 2 unspecified atom stereocenters. The maximum absolute atomic E-state index is 12.8. The number of carbonyl (C=O) groups excluding carboxylic acids is 1. The molecule has 0 saturated carbocycles. The monoisotopic (exact) mass is 380 g/mol. The molecule has 2 aliphatic heterocycles. The van der Waals surface area contributed by atoms with Crippen molar-refractivity contribution in [3.05, 3.63) is 58.5 Å². The van der Waals surface area contributed by atoms with Crippen LogP contribution in [0.3, 0.4) is 0 Å². The van der Waals surface area contributed by atoms with Gasteiger partial charge in [0.1, 0.15) is 0 Å². The number of fused-ring (bicyclic) bond motifs is 5. The standard InChI is InChI=1S/C20H20N4O2S/c25-18-7-3-6-17-14-8-13(10-24(17)18)9-23(11-14)19(26)12-27-20-21-15-4-1-2-5-16(15)22-20/h1-7,13-14H,8-12H2,(H,21,22). The fourth-order valence-electron chi connectivity index (χ4n) is 4.32. The quantitative estimate of drug-likeness (QED) is 0.709. The molecule has 1 amide bonds. The predicted octanol–water partition coefficient (Wildman–Crippen LogP) is 2.46. The first-order chi connectivity index (χ1) is 13.2. The van der Waals surface area contributed by atoms with E-state index in [0.717, 1.165) is 34.8 Å². The number of nitrogens with one attached hydrogen (secondary N) is 1. The zero-order valence-corrected chi connectivity index (χ0v) is 15.6. The average Bonchev–Trinajstić information content (AvgIpc) is 3.10. The maximum atomic E-state index is 12.8. The Labute approximate surface area is 160 Å². The van der Waals surface area contributed by atoms with Crippen molar-refractivity contribution in [3.8, 4) is 0 Å². The number of thioether (sulfide) groups is 1. The second kappa shape index (κ2) is 6.56. The lowest BCUT2D eigenvalue weighted by molar-refractivity contribution is -0.131. The van der Waals surface area contributed by atoms with E-state index in [1.165, 1.54) is 11.8 Å². The minimum Gasteiger partial charge on any atom is -0.341 e. The van der Waals surface area contributed by atoms with Crippen molar-refractivity contribution >= 4 is 28.7 Å². The van der Waals surface area contributed by atoms with Gasteiger partial charge in [0.15, 0.2) is 5.16 Å². The number of aromatic amines is 1. The number of likely N-dealkylation sites (tertiary alicyclic amines) is 1. The first kappa shape index (κ1) is 16.6. The largest absolute Gasteiger partial charge is 0.341 e. The third kappa shape index (κ3) is 3.06. The molecule has 2 atom stereocenters. The normalized spacial score (nSPS) is 21.3. The number of H-pyrrole nitrogens is 1. The van der Waals surface area contributed by atoms with Gasteiger partial charge in [-0.05, 0) is 30.5 Å². The zero-order chi connectivity index (χ0) is 18.4. The van der Waals surface area contributed by atoms with Gasteiger partial charge in [-0.3, -0.25) is 9.59 Å². The number of carbonyl (C=O) groups is 1. The number of pyridine rings is 1.